The Morgan fingerprint density at radius 3 is 2.69 bits per heavy atom. The largest absolute Gasteiger partial charge is 0.397 e. The number of nitrogens with one attached hydrogen (secondary N) is 1. The lowest BCUT2D eigenvalue weighted by molar-refractivity contribution is 0.0945. The molecule has 0 aliphatic heterocycles. The summed E-state index contributed by atoms with van der Waals surface area (Å²) in [6.45, 7) is 3.61. The predicted molar refractivity (Wildman–Crippen MR) is 76.0 cm³/mol. The van der Waals surface area contributed by atoms with Crippen LogP contribution in [0.1, 0.15) is 13.8 Å². The van der Waals surface area contributed by atoms with Gasteiger partial charge in [0.15, 0.2) is 5.82 Å². The highest BCUT2D eigenvalue weighted by atomic mass is 127. The van der Waals surface area contributed by atoms with Gasteiger partial charge in [0.05, 0.1) is 25.0 Å². The van der Waals surface area contributed by atoms with Gasteiger partial charge in [0, 0.05) is 6.54 Å². The minimum absolute atomic E-state index is 0.288. The van der Waals surface area contributed by atoms with Gasteiger partial charge in [-0.2, -0.15) is 0 Å². The van der Waals surface area contributed by atoms with Gasteiger partial charge in [-0.05, 0) is 58.4 Å². The molecular formula is C10H13BrFIN2O. The number of anilines is 2. The molecule has 3 nitrogen and oxygen atoms in total. The van der Waals surface area contributed by atoms with E-state index < -0.39 is 5.60 Å². The molecule has 0 heterocycles. The van der Waals surface area contributed by atoms with E-state index in [-0.39, 0.29) is 12.4 Å². The van der Waals surface area contributed by atoms with Gasteiger partial charge in [-0.25, -0.2) is 4.39 Å². The highest BCUT2D eigenvalue weighted by Crippen LogP contribution is 2.34. The van der Waals surface area contributed by atoms with E-state index in [9.17, 15) is 9.50 Å². The van der Waals surface area contributed by atoms with E-state index in [0.29, 0.717) is 19.4 Å². The summed E-state index contributed by atoms with van der Waals surface area (Å²) in [4.78, 5) is 0. The molecule has 0 unspecified atom stereocenters. The Kier molecular flexibility index (Phi) is 4.42. The molecule has 6 heteroatoms. The molecule has 90 valence electrons. The van der Waals surface area contributed by atoms with E-state index in [1.54, 1.807) is 19.9 Å². The molecule has 0 fully saturated rings. The lowest BCUT2D eigenvalue weighted by Crippen LogP contribution is -2.29. The smallest absolute Gasteiger partial charge is 0.152 e. The fraction of sp³-hybridized carbons (Fsp3) is 0.400. The zero-order valence-corrected chi connectivity index (χ0v) is 12.7. The van der Waals surface area contributed by atoms with Crippen molar-refractivity contribution in [1.29, 1.82) is 0 Å². The average molecular weight is 403 g/mol. The second-order valence-electron chi connectivity index (χ2n) is 4.12. The topological polar surface area (TPSA) is 58.3 Å². The van der Waals surface area contributed by atoms with Crippen molar-refractivity contribution >= 4 is 49.9 Å². The molecule has 1 aromatic rings. The van der Waals surface area contributed by atoms with E-state index in [1.165, 1.54) is 0 Å². The molecule has 0 atom stereocenters. The molecule has 16 heavy (non-hydrogen) atoms. The summed E-state index contributed by atoms with van der Waals surface area (Å²) in [6, 6.07) is 1.55. The Balaban J connectivity index is 3.01. The van der Waals surface area contributed by atoms with Crippen molar-refractivity contribution in [1.82, 2.24) is 0 Å². The molecule has 0 aromatic heterocycles. The lowest BCUT2D eigenvalue weighted by Gasteiger charge is -2.20. The summed E-state index contributed by atoms with van der Waals surface area (Å²) in [7, 11) is 0. The van der Waals surface area contributed by atoms with Crippen molar-refractivity contribution in [2.24, 2.45) is 0 Å². The summed E-state index contributed by atoms with van der Waals surface area (Å²) in [6.07, 6.45) is 0. The Morgan fingerprint density at radius 2 is 2.19 bits per heavy atom. The first-order chi connectivity index (χ1) is 7.22. The van der Waals surface area contributed by atoms with Crippen LogP contribution in [0.15, 0.2) is 10.5 Å². The highest BCUT2D eigenvalue weighted by molar-refractivity contribution is 14.1. The third-order valence-electron chi connectivity index (χ3n) is 1.89. The second-order valence-corrected chi connectivity index (χ2v) is 6.07. The second kappa shape index (κ2) is 5.05. The summed E-state index contributed by atoms with van der Waals surface area (Å²) < 4.78 is 14.3. The van der Waals surface area contributed by atoms with Gasteiger partial charge in [0.25, 0.3) is 0 Å². The van der Waals surface area contributed by atoms with Crippen molar-refractivity contribution in [3.8, 4) is 0 Å². The molecule has 4 N–H and O–H groups in total. The number of rotatable bonds is 3. The number of hydrogen-bond donors (Lipinski definition) is 3. The van der Waals surface area contributed by atoms with E-state index >= 15 is 0 Å². The Labute approximate surface area is 116 Å². The van der Waals surface area contributed by atoms with Gasteiger partial charge in [-0.3, -0.25) is 0 Å². The van der Waals surface area contributed by atoms with Crippen LogP contribution in [-0.2, 0) is 0 Å². The highest BCUT2D eigenvalue weighted by Gasteiger charge is 2.17. The first-order valence-corrected chi connectivity index (χ1v) is 6.49. The van der Waals surface area contributed by atoms with Crippen LogP contribution in [0.4, 0.5) is 15.8 Å². The van der Waals surface area contributed by atoms with Gasteiger partial charge in [0.2, 0.25) is 0 Å². The lowest BCUT2D eigenvalue weighted by atomic mass is 10.1. The van der Waals surface area contributed by atoms with Crippen molar-refractivity contribution in [3.05, 3.63) is 19.9 Å². The molecule has 1 aromatic carbocycles. The molecule has 0 aliphatic carbocycles. The molecule has 0 saturated carbocycles. The number of halogens is 3. The van der Waals surface area contributed by atoms with Gasteiger partial charge >= 0.3 is 0 Å². The fourth-order valence-corrected chi connectivity index (χ4v) is 2.66. The summed E-state index contributed by atoms with van der Waals surface area (Å²) in [5.41, 5.74) is 5.81. The van der Waals surface area contributed by atoms with E-state index in [4.69, 9.17) is 5.73 Å². The molecule has 1 rings (SSSR count). The molecule has 0 radical (unpaired) electrons. The van der Waals surface area contributed by atoms with Crippen LogP contribution in [0.5, 0.6) is 0 Å². The third kappa shape index (κ3) is 3.46. The SMILES string of the molecule is CC(C)(O)CNc1c(N)cc(I)c(F)c1Br. The Hall–Kier alpha value is -0.0800. The van der Waals surface area contributed by atoms with Crippen LogP contribution in [0.3, 0.4) is 0 Å². The van der Waals surface area contributed by atoms with Crippen molar-refractivity contribution < 1.29 is 9.50 Å². The number of aliphatic hydroxyl groups is 1. The van der Waals surface area contributed by atoms with Crippen LogP contribution < -0.4 is 11.1 Å². The van der Waals surface area contributed by atoms with Crippen LogP contribution in [0.2, 0.25) is 0 Å². The molecule has 0 saturated heterocycles. The van der Waals surface area contributed by atoms with Gasteiger partial charge in [0.1, 0.15) is 0 Å². The summed E-state index contributed by atoms with van der Waals surface area (Å²) in [5, 5.41) is 12.5. The van der Waals surface area contributed by atoms with Crippen LogP contribution >= 0.6 is 38.5 Å². The number of nitrogen functional groups attached to an aromatic ring is 1. The van der Waals surface area contributed by atoms with Crippen molar-refractivity contribution in [3.63, 3.8) is 0 Å². The number of hydrogen-bond acceptors (Lipinski definition) is 3. The van der Waals surface area contributed by atoms with Crippen LogP contribution in [0.25, 0.3) is 0 Å². The number of nitrogens with two attached hydrogens (primary N) is 1. The Morgan fingerprint density at radius 1 is 1.62 bits per heavy atom. The standard InChI is InChI=1S/C10H13BrFIN2O/c1-10(2,16)4-15-9-6(14)3-5(13)8(12)7(9)11/h3,15-16H,4,14H2,1-2H3. The van der Waals surface area contributed by atoms with Gasteiger partial charge in [-0.15, -0.1) is 0 Å². The van der Waals surface area contributed by atoms with Gasteiger partial charge < -0.3 is 16.2 Å². The average Bonchev–Trinajstić information content (AvgIpc) is 2.12. The zero-order chi connectivity index (χ0) is 12.5. The molecular weight excluding hydrogens is 390 g/mol. The molecule has 0 spiro atoms. The normalized spacial score (nSPS) is 11.6. The summed E-state index contributed by atoms with van der Waals surface area (Å²) in [5.74, 6) is -0.354. The van der Waals surface area contributed by atoms with Crippen LogP contribution in [-0.4, -0.2) is 17.3 Å². The molecule has 0 bridgehead atoms. The maximum absolute atomic E-state index is 13.6. The minimum atomic E-state index is -0.884. The first kappa shape index (κ1) is 14.0. The fourth-order valence-electron chi connectivity index (χ4n) is 1.10. The summed E-state index contributed by atoms with van der Waals surface area (Å²) >= 11 is 5.02. The zero-order valence-electron chi connectivity index (χ0n) is 8.94. The first-order valence-electron chi connectivity index (χ1n) is 4.61. The van der Waals surface area contributed by atoms with E-state index in [2.05, 4.69) is 21.2 Å². The quantitative estimate of drug-likeness (QED) is 0.414. The predicted octanol–water partition coefficient (Wildman–Crippen LogP) is 2.96. The molecule has 0 amide bonds. The van der Waals surface area contributed by atoms with E-state index in [1.807, 2.05) is 22.6 Å². The third-order valence-corrected chi connectivity index (χ3v) is 3.42. The van der Waals surface area contributed by atoms with Gasteiger partial charge in [-0.1, -0.05) is 0 Å². The maximum Gasteiger partial charge on any atom is 0.152 e. The van der Waals surface area contributed by atoms with E-state index in [0.717, 1.165) is 0 Å². The number of benzene rings is 1. The molecule has 0 aliphatic rings. The monoisotopic (exact) mass is 402 g/mol. The van der Waals surface area contributed by atoms with Crippen molar-refractivity contribution in [2.45, 2.75) is 19.4 Å². The minimum Gasteiger partial charge on any atom is -0.397 e. The van der Waals surface area contributed by atoms with Crippen LogP contribution in [0, 0.1) is 9.39 Å². The van der Waals surface area contributed by atoms with Crippen molar-refractivity contribution in [2.75, 3.05) is 17.6 Å². The Bertz CT molecular complexity index is 407. The maximum atomic E-state index is 13.6.